The molecule has 0 aliphatic carbocycles. The van der Waals surface area contributed by atoms with Crippen LogP contribution in [0, 0.1) is 12.7 Å². The molecule has 0 saturated carbocycles. The molecule has 4 aromatic carbocycles. The van der Waals surface area contributed by atoms with Crippen molar-refractivity contribution in [2.75, 3.05) is 20.6 Å². The number of carbonyl (C=O) groups is 1. The Bertz CT molecular complexity index is 1760. The molecule has 0 unspecified atom stereocenters. The number of hydrogen-bond acceptors (Lipinski definition) is 5. The van der Waals surface area contributed by atoms with E-state index in [2.05, 4.69) is 10.0 Å². The molecule has 0 atom stereocenters. The first-order valence-corrected chi connectivity index (χ1v) is 15.6. The third-order valence-corrected chi connectivity index (χ3v) is 8.96. The van der Waals surface area contributed by atoms with Gasteiger partial charge in [0.1, 0.15) is 5.82 Å². The van der Waals surface area contributed by atoms with Crippen molar-refractivity contribution < 1.29 is 26.0 Å². The number of nitrogens with one attached hydrogen (secondary N) is 2. The van der Waals surface area contributed by atoms with Crippen LogP contribution in [0.15, 0.2) is 95.9 Å². The molecule has 0 radical (unpaired) electrons. The highest BCUT2D eigenvalue weighted by Crippen LogP contribution is 2.26. The highest BCUT2D eigenvalue weighted by molar-refractivity contribution is 7.92. The topological polar surface area (TPSA) is 113 Å². The molecule has 0 heterocycles. The number of benzene rings is 4. The Morgan fingerprint density at radius 2 is 1.52 bits per heavy atom. The number of carbonyl (C=O) groups excluding carboxylic acids is 1. The Morgan fingerprint density at radius 3 is 2.15 bits per heavy atom. The van der Waals surface area contributed by atoms with Crippen molar-refractivity contribution in [3.8, 4) is 0 Å². The molecule has 40 heavy (non-hydrogen) atoms. The Balaban J connectivity index is 1.46. The van der Waals surface area contributed by atoms with Crippen molar-refractivity contribution in [2.24, 2.45) is 0 Å². The fourth-order valence-electron chi connectivity index (χ4n) is 3.80. The van der Waals surface area contributed by atoms with Crippen LogP contribution in [-0.4, -0.2) is 29.0 Å². The lowest BCUT2D eigenvalue weighted by Crippen LogP contribution is -2.29. The van der Waals surface area contributed by atoms with E-state index in [9.17, 15) is 26.0 Å². The van der Waals surface area contributed by atoms with Crippen molar-refractivity contribution in [1.29, 1.82) is 0 Å². The average molecular weight is 602 g/mol. The van der Waals surface area contributed by atoms with Gasteiger partial charge >= 0.3 is 0 Å². The minimum atomic E-state index is -3.90. The third-order valence-electron chi connectivity index (χ3n) is 6.02. The lowest BCUT2D eigenvalue weighted by molar-refractivity contribution is 0.102. The van der Waals surface area contributed by atoms with Crippen LogP contribution in [-0.2, 0) is 26.6 Å². The maximum atomic E-state index is 14.1. The van der Waals surface area contributed by atoms with Crippen LogP contribution in [0.4, 0.5) is 21.5 Å². The van der Waals surface area contributed by atoms with Gasteiger partial charge in [-0.15, -0.1) is 0 Å². The molecule has 0 saturated heterocycles. The number of anilines is 3. The predicted molar refractivity (Wildman–Crippen MR) is 155 cm³/mol. The molecule has 0 spiro atoms. The molecule has 0 fully saturated rings. The smallest absolute Gasteiger partial charge is 0.261 e. The highest BCUT2D eigenvalue weighted by Gasteiger charge is 2.20. The van der Waals surface area contributed by atoms with Gasteiger partial charge in [-0.1, -0.05) is 35.9 Å². The number of halogens is 2. The zero-order valence-electron chi connectivity index (χ0n) is 21.4. The minimum absolute atomic E-state index is 0.00931. The van der Waals surface area contributed by atoms with Gasteiger partial charge in [-0.25, -0.2) is 21.2 Å². The van der Waals surface area contributed by atoms with Crippen molar-refractivity contribution in [2.45, 2.75) is 18.4 Å². The van der Waals surface area contributed by atoms with Gasteiger partial charge in [0.2, 0.25) is 10.0 Å². The van der Waals surface area contributed by atoms with Gasteiger partial charge in [-0.05, 0) is 79.2 Å². The molecule has 12 heteroatoms. The summed E-state index contributed by atoms with van der Waals surface area (Å²) in [6.45, 7) is 1.49. The number of hydrogen-bond donors (Lipinski definition) is 2. The minimum Gasteiger partial charge on any atom is -0.322 e. The summed E-state index contributed by atoms with van der Waals surface area (Å²) in [5.74, 6) is -1.02. The van der Waals surface area contributed by atoms with Gasteiger partial charge in [-0.2, -0.15) is 0 Å². The van der Waals surface area contributed by atoms with E-state index in [1.807, 2.05) is 0 Å². The monoisotopic (exact) mass is 601 g/mol. The van der Waals surface area contributed by atoms with E-state index in [1.165, 1.54) is 66.7 Å². The molecule has 4 rings (SSSR count). The number of sulfonamides is 2. The summed E-state index contributed by atoms with van der Waals surface area (Å²) in [4.78, 5) is 12.8. The van der Waals surface area contributed by atoms with Crippen LogP contribution in [0.2, 0.25) is 5.02 Å². The normalized spacial score (nSPS) is 11.6. The lowest BCUT2D eigenvalue weighted by atomic mass is 10.1. The molecular formula is C28H25ClFN3O5S2. The largest absolute Gasteiger partial charge is 0.322 e. The van der Waals surface area contributed by atoms with E-state index in [0.29, 0.717) is 22.0 Å². The third kappa shape index (κ3) is 6.79. The molecule has 0 aliphatic heterocycles. The fourth-order valence-corrected chi connectivity index (χ4v) is 5.98. The molecule has 8 nitrogen and oxygen atoms in total. The van der Waals surface area contributed by atoms with Crippen LogP contribution in [0.5, 0.6) is 0 Å². The van der Waals surface area contributed by atoms with Gasteiger partial charge in [0.05, 0.1) is 29.1 Å². The Labute approximate surface area is 237 Å². The standard InChI is InChI=1S/C28H25ClFN3O5S2/c1-19-25(29)7-5-9-27(19)32-40(37,38)24-16-12-22(13-17-24)31-28(34)20-10-14-23(15-11-20)33(39(2,35)36)18-21-6-3-4-8-26(21)30/h3-17,32H,18H2,1-2H3,(H,31,34). The van der Waals surface area contributed by atoms with Gasteiger partial charge in [0, 0.05) is 21.8 Å². The molecule has 4 aromatic rings. The van der Waals surface area contributed by atoms with E-state index in [4.69, 9.17) is 11.6 Å². The summed E-state index contributed by atoms with van der Waals surface area (Å²) in [6, 6.07) is 22.2. The second-order valence-corrected chi connectivity index (χ2v) is 12.9. The van der Waals surface area contributed by atoms with Gasteiger partial charge in [-0.3, -0.25) is 13.8 Å². The van der Waals surface area contributed by atoms with E-state index < -0.39 is 31.8 Å². The van der Waals surface area contributed by atoms with Crippen molar-refractivity contribution in [1.82, 2.24) is 0 Å². The van der Waals surface area contributed by atoms with Crippen molar-refractivity contribution in [3.05, 3.63) is 119 Å². The molecule has 0 aromatic heterocycles. The maximum absolute atomic E-state index is 14.1. The van der Waals surface area contributed by atoms with Crippen LogP contribution < -0.4 is 14.3 Å². The average Bonchev–Trinajstić information content (AvgIpc) is 2.90. The Morgan fingerprint density at radius 1 is 0.875 bits per heavy atom. The summed E-state index contributed by atoms with van der Waals surface area (Å²) < 4.78 is 68.1. The van der Waals surface area contributed by atoms with Crippen LogP contribution >= 0.6 is 11.6 Å². The maximum Gasteiger partial charge on any atom is 0.261 e. The van der Waals surface area contributed by atoms with E-state index in [-0.39, 0.29) is 28.3 Å². The number of nitrogens with zero attached hydrogens (tertiary/aromatic N) is 1. The summed E-state index contributed by atoms with van der Waals surface area (Å²) in [6.07, 6.45) is 1.02. The second-order valence-electron chi connectivity index (χ2n) is 8.90. The van der Waals surface area contributed by atoms with E-state index in [0.717, 1.165) is 10.6 Å². The first kappa shape index (κ1) is 29.1. The summed E-state index contributed by atoms with van der Waals surface area (Å²) in [5, 5.41) is 3.11. The predicted octanol–water partition coefficient (Wildman–Crippen LogP) is 5.81. The Kier molecular flexibility index (Phi) is 8.48. The fraction of sp³-hybridized carbons (Fsp3) is 0.107. The van der Waals surface area contributed by atoms with Crippen molar-refractivity contribution >= 4 is 54.6 Å². The number of amides is 1. The second kappa shape index (κ2) is 11.7. The van der Waals surface area contributed by atoms with Gasteiger partial charge < -0.3 is 5.32 Å². The zero-order chi connectivity index (χ0) is 29.1. The molecule has 2 N–H and O–H groups in total. The summed E-state index contributed by atoms with van der Waals surface area (Å²) in [5.41, 5.74) is 2.01. The summed E-state index contributed by atoms with van der Waals surface area (Å²) in [7, 11) is -7.65. The molecule has 0 bridgehead atoms. The zero-order valence-corrected chi connectivity index (χ0v) is 23.8. The van der Waals surface area contributed by atoms with Crippen molar-refractivity contribution in [3.63, 3.8) is 0 Å². The first-order valence-electron chi connectivity index (χ1n) is 11.9. The van der Waals surface area contributed by atoms with Crippen LogP contribution in [0.1, 0.15) is 21.5 Å². The highest BCUT2D eigenvalue weighted by atomic mass is 35.5. The SMILES string of the molecule is Cc1c(Cl)cccc1NS(=O)(=O)c1ccc(NC(=O)c2ccc(N(Cc3ccccc3F)S(C)(=O)=O)cc2)cc1. The quantitative estimate of drug-likeness (QED) is 0.251. The van der Waals surface area contributed by atoms with Gasteiger partial charge in [0.15, 0.2) is 0 Å². The molecular weight excluding hydrogens is 577 g/mol. The number of rotatable bonds is 9. The molecule has 1 amide bonds. The Hall–Kier alpha value is -3.93. The summed E-state index contributed by atoms with van der Waals surface area (Å²) >= 11 is 6.07. The van der Waals surface area contributed by atoms with Crippen LogP contribution in [0.3, 0.4) is 0 Å². The molecule has 208 valence electrons. The first-order chi connectivity index (χ1) is 18.8. The lowest BCUT2D eigenvalue weighted by Gasteiger charge is -2.23. The van der Waals surface area contributed by atoms with Crippen LogP contribution in [0.25, 0.3) is 0 Å². The van der Waals surface area contributed by atoms with E-state index >= 15 is 0 Å². The van der Waals surface area contributed by atoms with E-state index in [1.54, 1.807) is 31.2 Å². The molecule has 0 aliphatic rings. The van der Waals surface area contributed by atoms with Gasteiger partial charge in [0.25, 0.3) is 15.9 Å².